The van der Waals surface area contributed by atoms with Crippen LogP contribution in [0.4, 0.5) is 4.79 Å². The van der Waals surface area contributed by atoms with Gasteiger partial charge in [-0.15, -0.1) is 0 Å². The number of nitrogens with zero attached hydrogens (tertiary/aromatic N) is 2. The molecule has 4 heteroatoms. The molecule has 0 aliphatic carbocycles. The number of hydrogen-bond acceptors (Lipinski definition) is 2. The van der Waals surface area contributed by atoms with E-state index in [4.69, 9.17) is 4.74 Å². The van der Waals surface area contributed by atoms with E-state index in [-0.39, 0.29) is 6.03 Å². The summed E-state index contributed by atoms with van der Waals surface area (Å²) in [6.07, 6.45) is 1.24. The van der Waals surface area contributed by atoms with Gasteiger partial charge in [-0.05, 0) is 18.3 Å². The van der Waals surface area contributed by atoms with Crippen molar-refractivity contribution in [2.75, 3.05) is 39.4 Å². The first-order chi connectivity index (χ1) is 7.66. The Morgan fingerprint density at radius 2 is 1.62 bits per heavy atom. The van der Waals surface area contributed by atoms with E-state index < -0.39 is 0 Å². The van der Waals surface area contributed by atoms with Crippen LogP contribution in [0.15, 0.2) is 0 Å². The number of urea groups is 1. The normalized spacial score (nSPS) is 31.6. The topological polar surface area (TPSA) is 32.8 Å². The summed E-state index contributed by atoms with van der Waals surface area (Å²) in [5.41, 5.74) is 0. The first-order valence-electron chi connectivity index (χ1n) is 6.28. The average molecular weight is 226 g/mol. The summed E-state index contributed by atoms with van der Waals surface area (Å²) in [5, 5.41) is 0. The molecule has 4 nitrogen and oxygen atoms in total. The Bertz CT molecular complexity index is 241. The predicted molar refractivity (Wildman–Crippen MR) is 62.3 cm³/mol. The van der Waals surface area contributed by atoms with Gasteiger partial charge in [-0.25, -0.2) is 4.79 Å². The highest BCUT2D eigenvalue weighted by Crippen LogP contribution is 2.22. The molecule has 2 saturated heterocycles. The molecule has 0 spiro atoms. The van der Waals surface area contributed by atoms with E-state index >= 15 is 0 Å². The van der Waals surface area contributed by atoms with Gasteiger partial charge in [0.15, 0.2) is 0 Å². The van der Waals surface area contributed by atoms with Crippen molar-refractivity contribution in [2.45, 2.75) is 20.3 Å². The first kappa shape index (κ1) is 11.7. The minimum atomic E-state index is 0.210. The Kier molecular flexibility index (Phi) is 3.69. The van der Waals surface area contributed by atoms with Crippen molar-refractivity contribution < 1.29 is 9.53 Å². The second kappa shape index (κ2) is 5.04. The van der Waals surface area contributed by atoms with E-state index in [2.05, 4.69) is 13.8 Å². The van der Waals surface area contributed by atoms with Crippen LogP contribution in [0.3, 0.4) is 0 Å². The van der Waals surface area contributed by atoms with Crippen molar-refractivity contribution in [3.05, 3.63) is 0 Å². The van der Waals surface area contributed by atoms with Gasteiger partial charge in [-0.3, -0.25) is 0 Å². The third-order valence-corrected chi connectivity index (χ3v) is 3.42. The van der Waals surface area contributed by atoms with Crippen LogP contribution >= 0.6 is 0 Å². The van der Waals surface area contributed by atoms with Gasteiger partial charge in [0.2, 0.25) is 0 Å². The number of carbonyl (C=O) groups is 1. The monoisotopic (exact) mass is 226 g/mol. The van der Waals surface area contributed by atoms with Crippen LogP contribution < -0.4 is 0 Å². The number of carbonyl (C=O) groups excluding carboxylic acids is 1. The molecule has 2 fully saturated rings. The molecule has 2 amide bonds. The van der Waals surface area contributed by atoms with Gasteiger partial charge in [0, 0.05) is 26.2 Å². The maximum Gasteiger partial charge on any atom is 0.320 e. The summed E-state index contributed by atoms with van der Waals surface area (Å²) >= 11 is 0. The highest BCUT2D eigenvalue weighted by atomic mass is 16.5. The molecule has 0 radical (unpaired) electrons. The van der Waals surface area contributed by atoms with Gasteiger partial charge in [-0.2, -0.15) is 0 Å². The van der Waals surface area contributed by atoms with E-state index in [0.29, 0.717) is 25.0 Å². The Labute approximate surface area is 97.5 Å². The molecule has 2 aliphatic heterocycles. The van der Waals surface area contributed by atoms with Crippen molar-refractivity contribution in [3.63, 3.8) is 0 Å². The molecule has 2 heterocycles. The fourth-order valence-electron chi connectivity index (χ4n) is 2.77. The standard InChI is InChI=1S/C12H22N2O2/c1-10-7-11(2)9-14(8-10)12(15)13-3-5-16-6-4-13/h10-11H,3-9H2,1-2H3/t10-,11-/m0/s1. The highest BCUT2D eigenvalue weighted by molar-refractivity contribution is 5.74. The molecule has 16 heavy (non-hydrogen) atoms. The van der Waals surface area contributed by atoms with E-state index in [9.17, 15) is 4.79 Å². The van der Waals surface area contributed by atoms with Crippen molar-refractivity contribution in [2.24, 2.45) is 11.8 Å². The van der Waals surface area contributed by atoms with Crippen molar-refractivity contribution in [1.29, 1.82) is 0 Å². The number of rotatable bonds is 0. The molecular formula is C12H22N2O2. The lowest BCUT2D eigenvalue weighted by Crippen LogP contribution is -2.52. The highest BCUT2D eigenvalue weighted by Gasteiger charge is 2.29. The van der Waals surface area contributed by atoms with Gasteiger partial charge in [-0.1, -0.05) is 13.8 Å². The summed E-state index contributed by atoms with van der Waals surface area (Å²) in [4.78, 5) is 16.2. The van der Waals surface area contributed by atoms with Crippen molar-refractivity contribution in [1.82, 2.24) is 9.80 Å². The number of piperidine rings is 1. The lowest BCUT2D eigenvalue weighted by molar-refractivity contribution is 0.0366. The Morgan fingerprint density at radius 3 is 2.19 bits per heavy atom. The maximum atomic E-state index is 12.2. The zero-order chi connectivity index (χ0) is 11.5. The van der Waals surface area contributed by atoms with Crippen molar-refractivity contribution >= 4 is 6.03 Å². The van der Waals surface area contributed by atoms with Crippen LogP contribution in [0, 0.1) is 11.8 Å². The molecule has 0 unspecified atom stereocenters. The molecule has 0 saturated carbocycles. The van der Waals surface area contributed by atoms with Crippen LogP contribution in [0.5, 0.6) is 0 Å². The second-order valence-electron chi connectivity index (χ2n) is 5.23. The lowest BCUT2D eigenvalue weighted by atomic mass is 9.92. The zero-order valence-corrected chi connectivity index (χ0v) is 10.3. The summed E-state index contributed by atoms with van der Waals surface area (Å²) in [7, 11) is 0. The fourth-order valence-corrected chi connectivity index (χ4v) is 2.77. The Hall–Kier alpha value is -0.770. The van der Waals surface area contributed by atoms with Crippen LogP contribution in [0.1, 0.15) is 20.3 Å². The number of morpholine rings is 1. The maximum absolute atomic E-state index is 12.2. The van der Waals surface area contributed by atoms with E-state index in [1.807, 2.05) is 9.80 Å². The second-order valence-corrected chi connectivity index (χ2v) is 5.23. The molecule has 0 bridgehead atoms. The van der Waals surface area contributed by atoms with E-state index in [0.717, 1.165) is 26.2 Å². The molecule has 92 valence electrons. The van der Waals surface area contributed by atoms with Gasteiger partial charge in [0.05, 0.1) is 13.2 Å². The third-order valence-electron chi connectivity index (χ3n) is 3.42. The molecule has 2 aliphatic rings. The summed E-state index contributed by atoms with van der Waals surface area (Å²) in [6, 6.07) is 0.210. The average Bonchev–Trinajstić information content (AvgIpc) is 2.28. The van der Waals surface area contributed by atoms with Crippen LogP contribution in [-0.4, -0.2) is 55.2 Å². The molecule has 0 aromatic heterocycles. The SMILES string of the molecule is C[C@H]1C[C@H](C)CN(C(=O)N2CCOCC2)C1. The molecule has 0 aromatic carbocycles. The quantitative estimate of drug-likeness (QED) is 0.626. The number of ether oxygens (including phenoxy) is 1. The zero-order valence-electron chi connectivity index (χ0n) is 10.3. The largest absolute Gasteiger partial charge is 0.378 e. The summed E-state index contributed by atoms with van der Waals surface area (Å²) in [5.74, 6) is 1.27. The molecule has 0 N–H and O–H groups in total. The minimum absolute atomic E-state index is 0.210. The van der Waals surface area contributed by atoms with E-state index in [1.165, 1.54) is 6.42 Å². The Balaban J connectivity index is 1.92. The first-order valence-corrected chi connectivity index (χ1v) is 6.28. The lowest BCUT2D eigenvalue weighted by Gasteiger charge is -2.39. The number of likely N-dealkylation sites (tertiary alicyclic amines) is 1. The smallest absolute Gasteiger partial charge is 0.320 e. The Morgan fingerprint density at radius 1 is 1.06 bits per heavy atom. The summed E-state index contributed by atoms with van der Waals surface area (Å²) < 4.78 is 5.27. The van der Waals surface area contributed by atoms with Gasteiger partial charge < -0.3 is 14.5 Å². The van der Waals surface area contributed by atoms with Gasteiger partial charge in [0.25, 0.3) is 0 Å². The van der Waals surface area contributed by atoms with Crippen LogP contribution in [0.25, 0.3) is 0 Å². The fraction of sp³-hybridized carbons (Fsp3) is 0.917. The number of hydrogen-bond donors (Lipinski definition) is 0. The predicted octanol–water partition coefficient (Wildman–Crippen LogP) is 1.42. The minimum Gasteiger partial charge on any atom is -0.378 e. The van der Waals surface area contributed by atoms with Crippen LogP contribution in [0.2, 0.25) is 0 Å². The number of amides is 2. The molecule has 2 atom stereocenters. The van der Waals surface area contributed by atoms with Crippen LogP contribution in [-0.2, 0) is 4.74 Å². The van der Waals surface area contributed by atoms with Crippen molar-refractivity contribution in [3.8, 4) is 0 Å². The van der Waals surface area contributed by atoms with Gasteiger partial charge in [0.1, 0.15) is 0 Å². The molecule has 0 aromatic rings. The van der Waals surface area contributed by atoms with E-state index in [1.54, 1.807) is 0 Å². The molecular weight excluding hydrogens is 204 g/mol. The third kappa shape index (κ3) is 2.67. The van der Waals surface area contributed by atoms with Gasteiger partial charge >= 0.3 is 6.03 Å². The summed E-state index contributed by atoms with van der Waals surface area (Å²) in [6.45, 7) is 9.16. The molecule has 2 rings (SSSR count).